The number of hydrogen-bond donors (Lipinski definition) is 2. The first kappa shape index (κ1) is 25.8. The van der Waals surface area contributed by atoms with E-state index >= 15 is 0 Å². The van der Waals surface area contributed by atoms with Crippen molar-refractivity contribution in [1.29, 1.82) is 0 Å². The molecule has 4 rings (SSSR count). The Morgan fingerprint density at radius 2 is 1.65 bits per heavy atom. The van der Waals surface area contributed by atoms with Gasteiger partial charge in [0, 0.05) is 24.3 Å². The van der Waals surface area contributed by atoms with Crippen molar-refractivity contribution in [1.82, 2.24) is 0 Å². The lowest BCUT2D eigenvalue weighted by Gasteiger charge is -2.27. The lowest BCUT2D eigenvalue weighted by molar-refractivity contribution is -0.132. The van der Waals surface area contributed by atoms with Crippen LogP contribution >= 0.6 is 0 Å². The summed E-state index contributed by atoms with van der Waals surface area (Å²) in [6, 6.07) is 16.7. The Morgan fingerprint density at radius 3 is 2.24 bits per heavy atom. The zero-order chi connectivity index (χ0) is 26.9. The van der Waals surface area contributed by atoms with Crippen LogP contribution in [0.25, 0.3) is 5.76 Å². The van der Waals surface area contributed by atoms with Gasteiger partial charge in [0.05, 0.1) is 24.4 Å². The Labute approximate surface area is 217 Å². The number of benzene rings is 3. The SMILES string of the molecule is CCN(CC)c1ccc(C2/C(=C(/O)c3ccc(OC)cc3C)C(=O)C(=O)N2c2cc(C)ccc2O)cc1. The molecule has 1 atom stereocenters. The number of rotatable bonds is 7. The number of amides is 1. The minimum atomic E-state index is -0.931. The van der Waals surface area contributed by atoms with Gasteiger partial charge < -0.3 is 19.8 Å². The summed E-state index contributed by atoms with van der Waals surface area (Å²) in [4.78, 5) is 30.4. The summed E-state index contributed by atoms with van der Waals surface area (Å²) in [6.07, 6.45) is 0. The molecule has 7 heteroatoms. The van der Waals surface area contributed by atoms with Gasteiger partial charge in [0.15, 0.2) is 0 Å². The molecule has 1 aliphatic heterocycles. The minimum absolute atomic E-state index is 0.0326. The minimum Gasteiger partial charge on any atom is -0.507 e. The number of aliphatic hydroxyl groups excluding tert-OH is 1. The van der Waals surface area contributed by atoms with Gasteiger partial charge in [-0.25, -0.2) is 0 Å². The third-order valence-corrected chi connectivity index (χ3v) is 6.86. The number of Topliss-reactive ketones (excluding diaryl/α,β-unsaturated/α-hetero) is 1. The Kier molecular flexibility index (Phi) is 7.25. The van der Waals surface area contributed by atoms with Crippen LogP contribution in [0.15, 0.2) is 66.2 Å². The quantitative estimate of drug-likeness (QED) is 0.253. The van der Waals surface area contributed by atoms with Gasteiger partial charge in [-0.1, -0.05) is 18.2 Å². The number of phenols is 1. The molecule has 1 aliphatic rings. The van der Waals surface area contributed by atoms with Gasteiger partial charge in [-0.15, -0.1) is 0 Å². The molecular weight excluding hydrogens is 468 g/mol. The van der Waals surface area contributed by atoms with E-state index in [1.807, 2.05) is 31.2 Å². The van der Waals surface area contributed by atoms with Crippen LogP contribution in [0.3, 0.4) is 0 Å². The molecule has 1 heterocycles. The fourth-order valence-corrected chi connectivity index (χ4v) is 4.85. The van der Waals surface area contributed by atoms with E-state index in [9.17, 15) is 19.8 Å². The molecule has 0 radical (unpaired) electrons. The van der Waals surface area contributed by atoms with Gasteiger partial charge in [0.1, 0.15) is 17.3 Å². The van der Waals surface area contributed by atoms with Crippen molar-refractivity contribution in [2.24, 2.45) is 0 Å². The summed E-state index contributed by atoms with van der Waals surface area (Å²) in [7, 11) is 1.55. The summed E-state index contributed by atoms with van der Waals surface area (Å²) in [5.41, 5.74) is 3.77. The highest BCUT2D eigenvalue weighted by molar-refractivity contribution is 6.52. The molecule has 0 bridgehead atoms. The predicted octanol–water partition coefficient (Wildman–Crippen LogP) is 5.49. The molecule has 1 amide bonds. The number of methoxy groups -OCH3 is 1. The molecule has 3 aromatic rings. The smallest absolute Gasteiger partial charge is 0.300 e. The second-order valence-electron chi connectivity index (χ2n) is 9.11. The van der Waals surface area contributed by atoms with E-state index < -0.39 is 17.7 Å². The maximum absolute atomic E-state index is 13.5. The maximum atomic E-state index is 13.5. The van der Waals surface area contributed by atoms with Crippen LogP contribution in [-0.4, -0.2) is 42.1 Å². The third kappa shape index (κ3) is 4.65. The molecule has 37 heavy (non-hydrogen) atoms. The molecule has 1 unspecified atom stereocenters. The van der Waals surface area contributed by atoms with Gasteiger partial charge in [-0.3, -0.25) is 14.5 Å². The number of ketones is 1. The molecule has 1 fully saturated rings. The highest BCUT2D eigenvalue weighted by Crippen LogP contribution is 2.45. The zero-order valence-corrected chi connectivity index (χ0v) is 21.8. The summed E-state index contributed by atoms with van der Waals surface area (Å²) in [6.45, 7) is 9.46. The number of carbonyl (C=O) groups excluding carboxylic acids is 2. The van der Waals surface area contributed by atoms with E-state index in [1.54, 1.807) is 44.4 Å². The molecule has 0 spiro atoms. The monoisotopic (exact) mass is 500 g/mol. The summed E-state index contributed by atoms with van der Waals surface area (Å²) >= 11 is 0. The Hall–Kier alpha value is -4.26. The average molecular weight is 501 g/mol. The molecule has 2 N–H and O–H groups in total. The number of nitrogens with zero attached hydrogens (tertiary/aromatic N) is 2. The van der Waals surface area contributed by atoms with E-state index in [1.165, 1.54) is 11.0 Å². The number of aliphatic hydroxyl groups is 1. The van der Waals surface area contributed by atoms with Crippen LogP contribution in [0.4, 0.5) is 11.4 Å². The molecule has 0 saturated carbocycles. The number of phenolic OH excluding ortho intramolecular Hbond substituents is 1. The second-order valence-corrected chi connectivity index (χ2v) is 9.11. The van der Waals surface area contributed by atoms with E-state index in [2.05, 4.69) is 18.7 Å². The van der Waals surface area contributed by atoms with Gasteiger partial charge in [0.25, 0.3) is 11.7 Å². The lowest BCUT2D eigenvalue weighted by Crippen LogP contribution is -2.29. The number of anilines is 2. The van der Waals surface area contributed by atoms with E-state index in [-0.39, 0.29) is 22.8 Å². The van der Waals surface area contributed by atoms with Crippen molar-refractivity contribution in [3.63, 3.8) is 0 Å². The van der Waals surface area contributed by atoms with Crippen LogP contribution in [-0.2, 0) is 9.59 Å². The topological polar surface area (TPSA) is 90.3 Å². The zero-order valence-electron chi connectivity index (χ0n) is 21.8. The fraction of sp³-hybridized carbons (Fsp3) is 0.267. The molecule has 0 aromatic heterocycles. The van der Waals surface area contributed by atoms with Gasteiger partial charge in [-0.2, -0.15) is 0 Å². The molecule has 0 aliphatic carbocycles. The van der Waals surface area contributed by atoms with Gasteiger partial charge in [-0.05, 0) is 86.8 Å². The molecular formula is C30H32N2O5. The number of hydrogen-bond acceptors (Lipinski definition) is 6. The molecule has 7 nitrogen and oxygen atoms in total. The van der Waals surface area contributed by atoms with Crippen molar-refractivity contribution < 1.29 is 24.5 Å². The highest BCUT2D eigenvalue weighted by atomic mass is 16.5. The first-order valence-corrected chi connectivity index (χ1v) is 12.3. The normalized spacial score (nSPS) is 16.8. The van der Waals surface area contributed by atoms with Gasteiger partial charge in [0.2, 0.25) is 0 Å². The van der Waals surface area contributed by atoms with Crippen LogP contribution in [0.2, 0.25) is 0 Å². The third-order valence-electron chi connectivity index (χ3n) is 6.86. The number of carbonyl (C=O) groups is 2. The van der Waals surface area contributed by atoms with Crippen LogP contribution in [0, 0.1) is 13.8 Å². The van der Waals surface area contributed by atoms with Crippen LogP contribution in [0.1, 0.15) is 42.1 Å². The number of ether oxygens (including phenoxy) is 1. The molecule has 3 aromatic carbocycles. The number of aromatic hydroxyl groups is 1. The maximum Gasteiger partial charge on any atom is 0.300 e. The standard InChI is InChI=1S/C30H32N2O5/c1-6-31(7-2)21-11-9-20(10-12-21)27-26(28(34)23-14-13-22(37-5)17-19(23)4)29(35)30(36)32(27)24-16-18(3)8-15-25(24)33/h8-17,27,33-34H,6-7H2,1-5H3/b28-26-. The second kappa shape index (κ2) is 10.4. The predicted molar refractivity (Wildman–Crippen MR) is 145 cm³/mol. The summed E-state index contributed by atoms with van der Waals surface area (Å²) < 4.78 is 5.27. The van der Waals surface area contributed by atoms with Crippen molar-refractivity contribution in [3.05, 3.63) is 88.5 Å². The van der Waals surface area contributed by atoms with Crippen molar-refractivity contribution in [2.45, 2.75) is 33.7 Å². The van der Waals surface area contributed by atoms with Crippen LogP contribution in [0.5, 0.6) is 11.5 Å². The largest absolute Gasteiger partial charge is 0.507 e. The Morgan fingerprint density at radius 1 is 0.973 bits per heavy atom. The lowest BCUT2D eigenvalue weighted by atomic mass is 9.93. The van der Waals surface area contributed by atoms with E-state index in [4.69, 9.17) is 4.74 Å². The average Bonchev–Trinajstić information content (AvgIpc) is 3.16. The Balaban J connectivity index is 1.95. The molecule has 192 valence electrons. The van der Waals surface area contributed by atoms with E-state index in [0.717, 1.165) is 24.3 Å². The van der Waals surface area contributed by atoms with Crippen LogP contribution < -0.4 is 14.5 Å². The summed E-state index contributed by atoms with van der Waals surface area (Å²) in [5.74, 6) is -1.41. The van der Waals surface area contributed by atoms with Crippen molar-refractivity contribution in [3.8, 4) is 11.5 Å². The molecule has 1 saturated heterocycles. The first-order chi connectivity index (χ1) is 17.7. The Bertz CT molecular complexity index is 1370. The van der Waals surface area contributed by atoms with Crippen molar-refractivity contribution >= 4 is 28.8 Å². The first-order valence-electron chi connectivity index (χ1n) is 12.3. The number of aryl methyl sites for hydroxylation is 2. The van der Waals surface area contributed by atoms with Gasteiger partial charge >= 0.3 is 0 Å². The fourth-order valence-electron chi connectivity index (χ4n) is 4.85. The van der Waals surface area contributed by atoms with Crippen molar-refractivity contribution in [2.75, 3.05) is 30.0 Å². The highest BCUT2D eigenvalue weighted by Gasteiger charge is 2.47. The summed E-state index contributed by atoms with van der Waals surface area (Å²) in [5, 5.41) is 22.1. The van der Waals surface area contributed by atoms with E-state index in [0.29, 0.717) is 22.4 Å².